The lowest BCUT2D eigenvalue weighted by atomic mass is 9.92. The van der Waals surface area contributed by atoms with Gasteiger partial charge in [0.05, 0.1) is 5.92 Å². The molecule has 1 aliphatic rings. The van der Waals surface area contributed by atoms with Crippen molar-refractivity contribution < 1.29 is 9.32 Å². The third kappa shape index (κ3) is 3.50. The molecule has 0 bridgehead atoms. The highest BCUT2D eigenvalue weighted by Gasteiger charge is 2.30. The van der Waals surface area contributed by atoms with Crippen molar-refractivity contribution in [3.05, 3.63) is 47.6 Å². The average molecular weight is 327 g/mol. The summed E-state index contributed by atoms with van der Waals surface area (Å²) >= 11 is 0. The SMILES string of the molecule is CCc1noc(C2CCN(C(=O)C(CC)c3ccccc3)CC2)n1. The van der Waals surface area contributed by atoms with Gasteiger partial charge < -0.3 is 9.42 Å². The minimum absolute atomic E-state index is 0.0437. The van der Waals surface area contributed by atoms with Crippen LogP contribution in [0.25, 0.3) is 0 Å². The number of aryl methyl sites for hydroxylation is 1. The number of hydrogen-bond acceptors (Lipinski definition) is 4. The van der Waals surface area contributed by atoms with E-state index in [4.69, 9.17) is 4.52 Å². The molecular formula is C19H25N3O2. The second kappa shape index (κ2) is 7.60. The predicted octanol–water partition coefficient (Wildman–Crippen LogP) is 3.53. The zero-order valence-corrected chi connectivity index (χ0v) is 14.4. The van der Waals surface area contributed by atoms with Crippen LogP contribution in [0.3, 0.4) is 0 Å². The van der Waals surface area contributed by atoms with Gasteiger partial charge in [-0.3, -0.25) is 4.79 Å². The monoisotopic (exact) mass is 327 g/mol. The van der Waals surface area contributed by atoms with Crippen LogP contribution in [-0.4, -0.2) is 34.0 Å². The molecule has 1 unspecified atom stereocenters. The fraction of sp³-hybridized carbons (Fsp3) is 0.526. The molecule has 128 valence electrons. The Kier molecular flexibility index (Phi) is 5.28. The summed E-state index contributed by atoms with van der Waals surface area (Å²) in [5, 5.41) is 3.98. The van der Waals surface area contributed by atoms with Crippen LogP contribution in [-0.2, 0) is 11.2 Å². The van der Waals surface area contributed by atoms with Crippen molar-refractivity contribution in [3.63, 3.8) is 0 Å². The van der Waals surface area contributed by atoms with E-state index in [9.17, 15) is 4.79 Å². The topological polar surface area (TPSA) is 59.2 Å². The van der Waals surface area contributed by atoms with E-state index in [0.29, 0.717) is 0 Å². The van der Waals surface area contributed by atoms with Crippen LogP contribution >= 0.6 is 0 Å². The summed E-state index contributed by atoms with van der Waals surface area (Å²) in [5.41, 5.74) is 1.11. The number of nitrogens with zero attached hydrogens (tertiary/aromatic N) is 3. The van der Waals surface area contributed by atoms with Gasteiger partial charge in [0.2, 0.25) is 11.8 Å². The molecule has 0 N–H and O–H groups in total. The summed E-state index contributed by atoms with van der Waals surface area (Å²) in [4.78, 5) is 19.3. The van der Waals surface area contributed by atoms with Gasteiger partial charge in [-0.25, -0.2) is 0 Å². The summed E-state index contributed by atoms with van der Waals surface area (Å²) in [6.07, 6.45) is 3.40. The number of benzene rings is 1. The molecule has 1 fully saturated rings. The second-order valence-corrected chi connectivity index (χ2v) is 6.37. The number of carbonyl (C=O) groups is 1. The number of aromatic nitrogens is 2. The normalized spacial score (nSPS) is 17.0. The molecule has 1 atom stereocenters. The molecule has 0 saturated carbocycles. The third-order valence-electron chi connectivity index (χ3n) is 4.86. The Balaban J connectivity index is 1.62. The summed E-state index contributed by atoms with van der Waals surface area (Å²) in [7, 11) is 0. The van der Waals surface area contributed by atoms with Gasteiger partial charge in [0.1, 0.15) is 0 Å². The molecule has 5 heteroatoms. The molecule has 0 spiro atoms. The summed E-state index contributed by atoms with van der Waals surface area (Å²) < 4.78 is 5.36. The zero-order valence-electron chi connectivity index (χ0n) is 14.4. The van der Waals surface area contributed by atoms with Crippen LogP contribution in [0.15, 0.2) is 34.9 Å². The van der Waals surface area contributed by atoms with E-state index < -0.39 is 0 Å². The Morgan fingerprint density at radius 1 is 1.25 bits per heavy atom. The molecule has 0 radical (unpaired) electrons. The molecule has 1 amide bonds. The van der Waals surface area contributed by atoms with Crippen LogP contribution in [0.1, 0.15) is 62.2 Å². The Hall–Kier alpha value is -2.17. The number of hydrogen-bond donors (Lipinski definition) is 0. The molecular weight excluding hydrogens is 302 g/mol. The molecule has 0 aliphatic carbocycles. The summed E-state index contributed by atoms with van der Waals surface area (Å²) in [6, 6.07) is 10.1. The lowest BCUT2D eigenvalue weighted by Gasteiger charge is -2.33. The van der Waals surface area contributed by atoms with Gasteiger partial charge in [0.15, 0.2) is 5.82 Å². The lowest BCUT2D eigenvalue weighted by Crippen LogP contribution is -2.40. The minimum atomic E-state index is -0.0437. The van der Waals surface area contributed by atoms with E-state index >= 15 is 0 Å². The Morgan fingerprint density at radius 3 is 2.54 bits per heavy atom. The number of carbonyl (C=O) groups excluding carboxylic acids is 1. The van der Waals surface area contributed by atoms with Gasteiger partial charge in [-0.2, -0.15) is 4.98 Å². The fourth-order valence-corrected chi connectivity index (χ4v) is 3.38. The van der Waals surface area contributed by atoms with E-state index in [1.807, 2.05) is 42.2 Å². The van der Waals surface area contributed by atoms with Crippen molar-refractivity contribution >= 4 is 5.91 Å². The van der Waals surface area contributed by atoms with Gasteiger partial charge >= 0.3 is 0 Å². The Labute approximate surface area is 143 Å². The first-order valence-corrected chi connectivity index (χ1v) is 8.89. The van der Waals surface area contributed by atoms with Crippen LogP contribution in [0.2, 0.25) is 0 Å². The van der Waals surface area contributed by atoms with Crippen LogP contribution in [0.5, 0.6) is 0 Å². The van der Waals surface area contributed by atoms with Crippen molar-refractivity contribution in [2.75, 3.05) is 13.1 Å². The van der Waals surface area contributed by atoms with Crippen LogP contribution < -0.4 is 0 Å². The Bertz CT molecular complexity index is 660. The second-order valence-electron chi connectivity index (χ2n) is 6.37. The van der Waals surface area contributed by atoms with Crippen molar-refractivity contribution in [1.82, 2.24) is 15.0 Å². The lowest BCUT2D eigenvalue weighted by molar-refractivity contribution is -0.134. The summed E-state index contributed by atoms with van der Waals surface area (Å²) in [6.45, 7) is 5.62. The molecule has 24 heavy (non-hydrogen) atoms. The van der Waals surface area contributed by atoms with Gasteiger partial charge in [-0.1, -0.05) is 49.3 Å². The summed E-state index contributed by atoms with van der Waals surface area (Å²) in [5.74, 6) is 1.96. The molecule has 1 saturated heterocycles. The van der Waals surface area contributed by atoms with Gasteiger partial charge in [0.25, 0.3) is 0 Å². The molecule has 2 aromatic rings. The molecule has 1 aromatic carbocycles. The van der Waals surface area contributed by atoms with Gasteiger partial charge in [-0.05, 0) is 24.8 Å². The number of likely N-dealkylation sites (tertiary alicyclic amines) is 1. The van der Waals surface area contributed by atoms with Crippen molar-refractivity contribution in [3.8, 4) is 0 Å². The predicted molar refractivity (Wildman–Crippen MR) is 91.7 cm³/mol. The minimum Gasteiger partial charge on any atom is -0.342 e. The maximum Gasteiger partial charge on any atom is 0.230 e. The smallest absolute Gasteiger partial charge is 0.230 e. The molecule has 2 heterocycles. The maximum atomic E-state index is 12.9. The van der Waals surface area contributed by atoms with Crippen molar-refractivity contribution in [2.45, 2.75) is 51.4 Å². The Morgan fingerprint density at radius 2 is 1.96 bits per heavy atom. The first-order valence-electron chi connectivity index (χ1n) is 8.89. The maximum absolute atomic E-state index is 12.9. The number of piperidine rings is 1. The van der Waals surface area contributed by atoms with E-state index in [1.165, 1.54) is 0 Å². The molecule has 1 aromatic heterocycles. The van der Waals surface area contributed by atoms with Crippen molar-refractivity contribution in [2.24, 2.45) is 0 Å². The number of rotatable bonds is 5. The van der Waals surface area contributed by atoms with Crippen LogP contribution in [0.4, 0.5) is 0 Å². The van der Waals surface area contributed by atoms with E-state index in [0.717, 1.165) is 56.1 Å². The van der Waals surface area contributed by atoms with Crippen LogP contribution in [0, 0.1) is 0 Å². The molecule has 1 aliphatic heterocycles. The molecule has 3 rings (SSSR count). The van der Waals surface area contributed by atoms with E-state index in [2.05, 4.69) is 17.1 Å². The zero-order chi connectivity index (χ0) is 16.9. The van der Waals surface area contributed by atoms with Gasteiger partial charge in [0, 0.05) is 25.4 Å². The first-order chi connectivity index (χ1) is 11.7. The third-order valence-corrected chi connectivity index (χ3v) is 4.86. The van der Waals surface area contributed by atoms with Gasteiger partial charge in [-0.15, -0.1) is 0 Å². The average Bonchev–Trinajstić information content (AvgIpc) is 3.12. The fourth-order valence-electron chi connectivity index (χ4n) is 3.38. The van der Waals surface area contributed by atoms with E-state index in [1.54, 1.807) is 0 Å². The van der Waals surface area contributed by atoms with E-state index in [-0.39, 0.29) is 17.7 Å². The van der Waals surface area contributed by atoms with Crippen molar-refractivity contribution in [1.29, 1.82) is 0 Å². The number of amides is 1. The highest BCUT2D eigenvalue weighted by atomic mass is 16.5. The molecule has 5 nitrogen and oxygen atoms in total. The first kappa shape index (κ1) is 16.7. The highest BCUT2D eigenvalue weighted by Crippen LogP contribution is 2.29. The standard InChI is InChI=1S/C19H25N3O2/c1-3-16(14-8-6-5-7-9-14)19(23)22-12-10-15(11-13-22)18-20-17(4-2)21-24-18/h5-9,15-16H,3-4,10-13H2,1-2H3. The highest BCUT2D eigenvalue weighted by molar-refractivity contribution is 5.83. The largest absolute Gasteiger partial charge is 0.342 e. The quantitative estimate of drug-likeness (QED) is 0.843.